The Kier molecular flexibility index (Phi) is 7.55. The lowest BCUT2D eigenvalue weighted by molar-refractivity contribution is -0.115. The molecule has 5 nitrogen and oxygen atoms in total. The standard InChI is InChI=1S/C22H25N3O2S2/c1-25(16-8-3-2-4-9-16)21(27)18-11-5-6-12-19(18)23-22(28)24-20(26)14-13-17-10-7-15-29-17/h5-7,10-16H,2-4,8-9H2,1H3,(H2,23,24,26,28). The van der Waals surface area contributed by atoms with Crippen LogP contribution in [0.25, 0.3) is 6.08 Å². The number of hydrogen-bond donors (Lipinski definition) is 2. The van der Waals surface area contributed by atoms with E-state index in [0.29, 0.717) is 11.3 Å². The summed E-state index contributed by atoms with van der Waals surface area (Å²) in [7, 11) is 1.87. The van der Waals surface area contributed by atoms with Crippen LogP contribution in [0.5, 0.6) is 0 Å². The highest BCUT2D eigenvalue weighted by Gasteiger charge is 2.24. The molecular formula is C22H25N3O2S2. The van der Waals surface area contributed by atoms with Crippen molar-refractivity contribution in [3.63, 3.8) is 0 Å². The Morgan fingerprint density at radius 3 is 2.62 bits per heavy atom. The van der Waals surface area contributed by atoms with Crippen molar-refractivity contribution in [2.24, 2.45) is 0 Å². The fourth-order valence-electron chi connectivity index (χ4n) is 3.45. The van der Waals surface area contributed by atoms with E-state index in [1.165, 1.54) is 12.5 Å². The van der Waals surface area contributed by atoms with E-state index in [0.717, 1.165) is 30.6 Å². The Hall–Kier alpha value is -2.51. The van der Waals surface area contributed by atoms with E-state index in [1.54, 1.807) is 29.5 Å². The van der Waals surface area contributed by atoms with Gasteiger partial charge in [-0.2, -0.15) is 0 Å². The van der Waals surface area contributed by atoms with Gasteiger partial charge in [-0.25, -0.2) is 0 Å². The van der Waals surface area contributed by atoms with Gasteiger partial charge < -0.3 is 10.2 Å². The van der Waals surface area contributed by atoms with Gasteiger partial charge in [-0.15, -0.1) is 11.3 Å². The van der Waals surface area contributed by atoms with Gasteiger partial charge in [0.05, 0.1) is 11.3 Å². The predicted octanol–water partition coefficient (Wildman–Crippen LogP) is 4.68. The summed E-state index contributed by atoms with van der Waals surface area (Å²) in [4.78, 5) is 27.9. The molecule has 152 valence electrons. The maximum Gasteiger partial charge on any atom is 0.255 e. The maximum absolute atomic E-state index is 13.0. The molecule has 2 N–H and O–H groups in total. The summed E-state index contributed by atoms with van der Waals surface area (Å²) in [6.45, 7) is 0. The first-order valence-electron chi connectivity index (χ1n) is 9.74. The van der Waals surface area contributed by atoms with Crippen LogP contribution in [0, 0.1) is 0 Å². The van der Waals surface area contributed by atoms with Crippen molar-refractivity contribution < 1.29 is 9.59 Å². The van der Waals surface area contributed by atoms with Gasteiger partial charge in [0.1, 0.15) is 0 Å². The highest BCUT2D eigenvalue weighted by atomic mass is 32.1. The zero-order valence-electron chi connectivity index (χ0n) is 16.4. The van der Waals surface area contributed by atoms with Crippen LogP contribution >= 0.6 is 23.6 Å². The van der Waals surface area contributed by atoms with Crippen LogP contribution in [0.2, 0.25) is 0 Å². The third-order valence-electron chi connectivity index (χ3n) is 5.03. The minimum Gasteiger partial charge on any atom is -0.339 e. The van der Waals surface area contributed by atoms with E-state index >= 15 is 0 Å². The quantitative estimate of drug-likeness (QED) is 0.537. The highest BCUT2D eigenvalue weighted by Crippen LogP contribution is 2.25. The molecule has 1 saturated carbocycles. The smallest absolute Gasteiger partial charge is 0.255 e. The van der Waals surface area contributed by atoms with Gasteiger partial charge in [0, 0.05) is 24.0 Å². The number of carbonyl (C=O) groups excluding carboxylic acids is 2. The number of thiocarbonyl (C=S) groups is 1. The molecule has 1 aliphatic rings. The Labute approximate surface area is 180 Å². The van der Waals surface area contributed by atoms with Crippen LogP contribution in [0.1, 0.15) is 47.3 Å². The number of nitrogens with zero attached hydrogens (tertiary/aromatic N) is 1. The van der Waals surface area contributed by atoms with Crippen LogP contribution in [0.3, 0.4) is 0 Å². The molecule has 2 aromatic rings. The molecule has 0 radical (unpaired) electrons. The first kappa shape index (κ1) is 21.2. The summed E-state index contributed by atoms with van der Waals surface area (Å²) in [5.74, 6) is -0.356. The molecule has 1 aromatic heterocycles. The summed E-state index contributed by atoms with van der Waals surface area (Å²) < 4.78 is 0. The zero-order valence-corrected chi connectivity index (χ0v) is 18.0. The summed E-state index contributed by atoms with van der Waals surface area (Å²) in [6, 6.07) is 11.4. The molecule has 0 saturated heterocycles. The fourth-order valence-corrected chi connectivity index (χ4v) is 4.28. The number of amides is 2. The molecule has 1 fully saturated rings. The van der Waals surface area contributed by atoms with Gasteiger partial charge >= 0.3 is 0 Å². The Morgan fingerprint density at radius 2 is 1.90 bits per heavy atom. The maximum atomic E-state index is 13.0. The minimum absolute atomic E-state index is 0.0354. The highest BCUT2D eigenvalue weighted by molar-refractivity contribution is 7.80. The van der Waals surface area contributed by atoms with Crippen molar-refractivity contribution in [1.29, 1.82) is 0 Å². The van der Waals surface area contributed by atoms with Gasteiger partial charge in [-0.3, -0.25) is 14.9 Å². The lowest BCUT2D eigenvalue weighted by atomic mass is 9.94. The van der Waals surface area contributed by atoms with Crippen molar-refractivity contribution in [2.45, 2.75) is 38.1 Å². The van der Waals surface area contributed by atoms with Crippen molar-refractivity contribution in [1.82, 2.24) is 10.2 Å². The third kappa shape index (κ3) is 5.98. The lowest BCUT2D eigenvalue weighted by Crippen LogP contribution is -2.39. The lowest BCUT2D eigenvalue weighted by Gasteiger charge is -2.31. The largest absolute Gasteiger partial charge is 0.339 e. The topological polar surface area (TPSA) is 61.4 Å². The molecule has 3 rings (SSSR count). The second-order valence-electron chi connectivity index (χ2n) is 7.05. The van der Waals surface area contributed by atoms with Gasteiger partial charge in [-0.1, -0.05) is 37.5 Å². The Bertz CT molecular complexity index is 887. The van der Waals surface area contributed by atoms with Crippen molar-refractivity contribution in [3.8, 4) is 0 Å². The number of rotatable bonds is 5. The first-order valence-corrected chi connectivity index (χ1v) is 11.0. The summed E-state index contributed by atoms with van der Waals surface area (Å²) in [6.07, 6.45) is 8.83. The molecular weight excluding hydrogens is 402 g/mol. The molecule has 7 heteroatoms. The van der Waals surface area contributed by atoms with E-state index in [1.807, 2.05) is 41.6 Å². The van der Waals surface area contributed by atoms with Crippen molar-refractivity contribution in [2.75, 3.05) is 12.4 Å². The van der Waals surface area contributed by atoms with Crippen LogP contribution in [0.15, 0.2) is 47.9 Å². The van der Waals surface area contributed by atoms with Crippen LogP contribution in [0.4, 0.5) is 5.69 Å². The van der Waals surface area contributed by atoms with E-state index in [-0.39, 0.29) is 23.0 Å². The van der Waals surface area contributed by atoms with Crippen molar-refractivity contribution >= 4 is 52.2 Å². The van der Waals surface area contributed by atoms with Crippen LogP contribution < -0.4 is 10.6 Å². The molecule has 2 amide bonds. The third-order valence-corrected chi connectivity index (χ3v) is 6.07. The number of benzene rings is 1. The normalized spacial score (nSPS) is 14.5. The second kappa shape index (κ2) is 10.3. The molecule has 0 bridgehead atoms. The van der Waals surface area contributed by atoms with Crippen molar-refractivity contribution in [3.05, 3.63) is 58.3 Å². The van der Waals surface area contributed by atoms with Gasteiger partial charge in [0.2, 0.25) is 5.91 Å². The number of nitrogens with one attached hydrogen (secondary N) is 2. The Morgan fingerprint density at radius 1 is 1.14 bits per heavy atom. The monoisotopic (exact) mass is 427 g/mol. The summed E-state index contributed by atoms with van der Waals surface area (Å²) in [5, 5.41) is 7.72. The molecule has 1 aromatic carbocycles. The molecule has 1 aliphatic carbocycles. The van der Waals surface area contributed by atoms with Gasteiger partial charge in [0.25, 0.3) is 5.91 Å². The molecule has 1 heterocycles. The average Bonchev–Trinajstić information content (AvgIpc) is 3.26. The molecule has 0 unspecified atom stereocenters. The SMILES string of the molecule is CN(C(=O)c1ccccc1NC(=S)NC(=O)C=Cc1cccs1)C1CCCCC1. The number of anilines is 1. The predicted molar refractivity (Wildman–Crippen MR) is 123 cm³/mol. The zero-order chi connectivity index (χ0) is 20.6. The van der Waals surface area contributed by atoms with E-state index in [4.69, 9.17) is 12.2 Å². The molecule has 0 spiro atoms. The Balaban J connectivity index is 1.62. The summed E-state index contributed by atoms with van der Waals surface area (Å²) in [5.41, 5.74) is 1.14. The number of carbonyl (C=O) groups is 2. The molecule has 0 aliphatic heterocycles. The second-order valence-corrected chi connectivity index (χ2v) is 8.43. The fraction of sp³-hybridized carbons (Fsp3) is 0.318. The van der Waals surface area contributed by atoms with E-state index in [2.05, 4.69) is 10.6 Å². The summed E-state index contributed by atoms with van der Waals surface area (Å²) >= 11 is 6.81. The number of para-hydroxylation sites is 1. The van der Waals surface area contributed by atoms with E-state index < -0.39 is 0 Å². The molecule has 29 heavy (non-hydrogen) atoms. The van der Waals surface area contributed by atoms with Gasteiger partial charge in [0.15, 0.2) is 5.11 Å². The van der Waals surface area contributed by atoms with E-state index in [9.17, 15) is 9.59 Å². The number of thiophene rings is 1. The van der Waals surface area contributed by atoms with Gasteiger partial charge in [-0.05, 0) is 54.7 Å². The molecule has 0 atom stereocenters. The first-order chi connectivity index (χ1) is 14.0. The number of hydrogen-bond acceptors (Lipinski definition) is 4. The van der Waals surface area contributed by atoms with Crippen LogP contribution in [-0.2, 0) is 4.79 Å². The minimum atomic E-state index is -0.320. The average molecular weight is 428 g/mol. The van der Waals surface area contributed by atoms with Crippen LogP contribution in [-0.4, -0.2) is 34.9 Å².